The Morgan fingerprint density at radius 2 is 1.64 bits per heavy atom. The molecule has 1 N–H and O–H groups in total. The molecule has 7 aliphatic rings. The van der Waals surface area contributed by atoms with Crippen molar-refractivity contribution >= 4 is 12.2 Å². The van der Waals surface area contributed by atoms with Crippen molar-refractivity contribution in [1.29, 1.82) is 0 Å². The Labute approximate surface area is 271 Å². The van der Waals surface area contributed by atoms with Gasteiger partial charge in [0.2, 0.25) is 0 Å². The molecule has 5 aliphatic carbocycles. The Balaban J connectivity index is 1.15. The number of carbonyl (C=O) groups is 2. The van der Waals surface area contributed by atoms with E-state index in [1.54, 1.807) is 14.1 Å². The van der Waals surface area contributed by atoms with Gasteiger partial charge in [0.25, 0.3) is 0 Å². The van der Waals surface area contributed by atoms with Crippen molar-refractivity contribution in [2.24, 2.45) is 56.7 Å². The highest BCUT2D eigenvalue weighted by Crippen LogP contribution is 2.89. The molecule has 0 aromatic rings. The van der Waals surface area contributed by atoms with Crippen LogP contribution in [0.5, 0.6) is 0 Å². The first-order chi connectivity index (χ1) is 21.0. The van der Waals surface area contributed by atoms with Gasteiger partial charge in [-0.25, -0.2) is 9.59 Å². The number of hydrogen-bond donors (Lipinski definition) is 1. The maximum Gasteiger partial charge on any atom is 0.410 e. The van der Waals surface area contributed by atoms with Crippen LogP contribution in [0, 0.1) is 56.7 Å². The van der Waals surface area contributed by atoms with Gasteiger partial charge in [0, 0.05) is 38.0 Å². The number of nitrogens with zero attached hydrogens (tertiary/aromatic N) is 2. The van der Waals surface area contributed by atoms with E-state index in [-0.39, 0.29) is 75.5 Å². The van der Waals surface area contributed by atoms with Crippen molar-refractivity contribution in [1.82, 2.24) is 9.80 Å². The highest BCUT2D eigenvalue weighted by atomic mass is 16.6. The molecule has 13 atom stereocenters. The first-order valence-corrected chi connectivity index (χ1v) is 18.2. The topological polar surface area (TPSA) is 88.5 Å². The molecule has 7 rings (SSSR count). The van der Waals surface area contributed by atoms with E-state index in [0.717, 1.165) is 58.0 Å². The summed E-state index contributed by atoms with van der Waals surface area (Å²) in [6.07, 6.45) is 8.04. The van der Waals surface area contributed by atoms with Crippen LogP contribution in [0.1, 0.15) is 106 Å². The number of hydrogen-bond acceptors (Lipinski definition) is 6. The normalized spacial score (nSPS) is 49.7. The summed E-state index contributed by atoms with van der Waals surface area (Å²) in [5, 5.41) is 12.6. The smallest absolute Gasteiger partial charge is 0.410 e. The number of rotatable bonds is 4. The maximum absolute atomic E-state index is 12.9. The van der Waals surface area contributed by atoms with Crippen LogP contribution < -0.4 is 0 Å². The lowest BCUT2D eigenvalue weighted by molar-refractivity contribution is -0.185. The second-order valence-corrected chi connectivity index (χ2v) is 18.3. The molecule has 2 saturated heterocycles. The van der Waals surface area contributed by atoms with Crippen LogP contribution in [0.15, 0.2) is 0 Å². The maximum atomic E-state index is 12.9. The van der Waals surface area contributed by atoms with Crippen LogP contribution in [-0.4, -0.2) is 84.8 Å². The van der Waals surface area contributed by atoms with Crippen LogP contribution in [0.4, 0.5) is 9.59 Å². The molecular formula is C37H60N2O6. The minimum Gasteiger partial charge on any atom is -0.446 e. The monoisotopic (exact) mass is 628 g/mol. The average Bonchev–Trinajstić information content (AvgIpc) is 3.56. The number of ether oxygens (including phenoxy) is 3. The zero-order valence-electron chi connectivity index (χ0n) is 29.4. The second kappa shape index (κ2) is 10.2. The molecule has 0 aromatic carbocycles. The lowest BCUT2D eigenvalue weighted by Gasteiger charge is -2.63. The van der Waals surface area contributed by atoms with Gasteiger partial charge < -0.3 is 29.1 Å². The van der Waals surface area contributed by atoms with E-state index in [2.05, 4.69) is 48.5 Å². The van der Waals surface area contributed by atoms with Crippen molar-refractivity contribution in [2.75, 3.05) is 27.2 Å². The highest BCUT2D eigenvalue weighted by Gasteiger charge is 2.84. The van der Waals surface area contributed by atoms with Gasteiger partial charge >= 0.3 is 12.2 Å². The Morgan fingerprint density at radius 1 is 0.978 bits per heavy atom. The number of aliphatic hydroxyl groups is 1. The summed E-state index contributed by atoms with van der Waals surface area (Å²) in [6, 6.07) is 0. The van der Waals surface area contributed by atoms with Gasteiger partial charge in [-0.05, 0) is 104 Å². The number of amides is 2. The van der Waals surface area contributed by atoms with Gasteiger partial charge in [-0.2, -0.15) is 0 Å². The third kappa shape index (κ3) is 4.08. The quantitative estimate of drug-likeness (QED) is 0.371. The lowest BCUT2D eigenvalue weighted by Crippen LogP contribution is -2.60. The summed E-state index contributed by atoms with van der Waals surface area (Å²) >= 11 is 0. The Morgan fingerprint density at radius 3 is 2.27 bits per heavy atom. The van der Waals surface area contributed by atoms with Gasteiger partial charge in [-0.1, -0.05) is 48.5 Å². The summed E-state index contributed by atoms with van der Waals surface area (Å²) in [5.41, 5.74) is 0.234. The summed E-state index contributed by atoms with van der Waals surface area (Å²) in [7, 11) is 3.44. The molecule has 2 amide bonds. The summed E-state index contributed by atoms with van der Waals surface area (Å²) in [4.78, 5) is 28.8. The minimum atomic E-state index is -0.548. The van der Waals surface area contributed by atoms with Gasteiger partial charge in [0.15, 0.2) is 0 Å². The first kappa shape index (κ1) is 32.0. The molecule has 8 nitrogen and oxygen atoms in total. The fourth-order valence-corrected chi connectivity index (χ4v) is 13.3. The van der Waals surface area contributed by atoms with Crippen molar-refractivity contribution < 1.29 is 28.9 Å². The van der Waals surface area contributed by atoms with E-state index < -0.39 is 6.10 Å². The molecule has 254 valence electrons. The van der Waals surface area contributed by atoms with E-state index in [4.69, 9.17) is 14.2 Å². The Bertz CT molecular complexity index is 1220. The Kier molecular flexibility index (Phi) is 7.28. The molecular weight excluding hydrogens is 568 g/mol. The van der Waals surface area contributed by atoms with Crippen LogP contribution in [0.25, 0.3) is 0 Å². The third-order valence-corrected chi connectivity index (χ3v) is 15.7. The predicted octanol–water partition coefficient (Wildman–Crippen LogP) is 6.73. The van der Waals surface area contributed by atoms with Crippen LogP contribution in [0.3, 0.4) is 0 Å². The number of aliphatic hydroxyl groups excluding tert-OH is 1. The number of likely N-dealkylation sites (tertiary alicyclic amines) is 1. The lowest BCUT2D eigenvalue weighted by atomic mass is 9.41. The van der Waals surface area contributed by atoms with E-state index in [1.807, 2.05) is 4.90 Å². The molecule has 7 fully saturated rings. The second-order valence-electron chi connectivity index (χ2n) is 18.3. The molecule has 45 heavy (non-hydrogen) atoms. The first-order valence-electron chi connectivity index (χ1n) is 18.2. The van der Waals surface area contributed by atoms with Crippen molar-refractivity contribution in [3.8, 4) is 0 Å². The molecule has 2 aliphatic heterocycles. The fraction of sp³-hybridized carbons (Fsp3) is 0.946. The SMILES string of the molecule is CC(C)C(OC(=O)N(C)C)[C@H]1C[C@@H](C)[C@H]2[C@H](O1)[C@H](O)[C@@]1(C)[C@@H]3CC[C@H]4C(C)(C)[C@@H](OC(=O)N5CCC5)CC[C@@]45C[C@@]35CC[C@]21C. The van der Waals surface area contributed by atoms with Gasteiger partial charge in [-0.15, -0.1) is 0 Å². The fourth-order valence-electron chi connectivity index (χ4n) is 13.3. The predicted molar refractivity (Wildman–Crippen MR) is 171 cm³/mol. The molecule has 0 aromatic heterocycles. The zero-order chi connectivity index (χ0) is 32.5. The molecule has 8 heteroatoms. The summed E-state index contributed by atoms with van der Waals surface area (Å²) < 4.78 is 19.2. The standard InChI is InChI=1S/C37H60N2O6/c1-21(2)28(45-31(41)38(8)9)23-19-22(3)27-29(43-23)30(40)35(7)25-12-11-24-33(4,5)26(44-32(42)39-17-10-18-39)13-14-36(24)20-37(25,36)16-15-34(27,35)6/h21-30,40H,10-20H2,1-9H3/t22-,23-,24+,25+,26+,27+,28?,29+,30+,34-,35-,36-,37+/m1/s1. The van der Waals surface area contributed by atoms with Crippen LogP contribution >= 0.6 is 0 Å². The molecule has 0 radical (unpaired) electrons. The molecule has 2 heterocycles. The average molecular weight is 629 g/mol. The van der Waals surface area contributed by atoms with Crippen molar-refractivity contribution in [2.45, 2.75) is 137 Å². The third-order valence-electron chi connectivity index (χ3n) is 15.7. The van der Waals surface area contributed by atoms with Crippen molar-refractivity contribution in [3.63, 3.8) is 0 Å². The van der Waals surface area contributed by atoms with Gasteiger partial charge in [0.05, 0.1) is 18.3 Å². The van der Waals surface area contributed by atoms with E-state index >= 15 is 0 Å². The van der Waals surface area contributed by atoms with E-state index in [1.165, 1.54) is 17.7 Å². The molecule has 0 bridgehead atoms. The number of fused-ring (bicyclic) bond motifs is 4. The summed E-state index contributed by atoms with van der Waals surface area (Å²) in [6.45, 7) is 17.9. The Hall–Kier alpha value is -1.54. The number of carbonyl (C=O) groups excluding carboxylic acids is 2. The van der Waals surface area contributed by atoms with Gasteiger partial charge in [-0.3, -0.25) is 0 Å². The largest absolute Gasteiger partial charge is 0.446 e. The van der Waals surface area contributed by atoms with Gasteiger partial charge in [0.1, 0.15) is 12.2 Å². The zero-order valence-corrected chi connectivity index (χ0v) is 29.4. The highest BCUT2D eigenvalue weighted by molar-refractivity contribution is 5.68. The van der Waals surface area contributed by atoms with Crippen LogP contribution in [-0.2, 0) is 14.2 Å². The molecule has 5 saturated carbocycles. The van der Waals surface area contributed by atoms with E-state index in [0.29, 0.717) is 17.8 Å². The van der Waals surface area contributed by atoms with E-state index in [9.17, 15) is 14.7 Å². The van der Waals surface area contributed by atoms with Crippen molar-refractivity contribution in [3.05, 3.63) is 0 Å². The summed E-state index contributed by atoms with van der Waals surface area (Å²) in [5.74, 6) is 1.75. The minimum absolute atomic E-state index is 0.0128. The molecule has 2 spiro atoms. The van der Waals surface area contributed by atoms with Crippen LogP contribution in [0.2, 0.25) is 0 Å². The molecule has 1 unspecified atom stereocenters.